The van der Waals surface area contributed by atoms with Gasteiger partial charge in [-0.05, 0) is 12.1 Å². The average molecular weight is 348 g/mol. The molecule has 1 heterocycles. The zero-order chi connectivity index (χ0) is 18.7. The van der Waals surface area contributed by atoms with Crippen molar-refractivity contribution in [2.75, 3.05) is 4.90 Å². The first kappa shape index (κ1) is 16.8. The van der Waals surface area contributed by atoms with Gasteiger partial charge in [0.25, 0.3) is 11.6 Å². The van der Waals surface area contributed by atoms with E-state index in [1.807, 2.05) is 6.07 Å². The van der Waals surface area contributed by atoms with E-state index in [1.54, 1.807) is 24.4 Å². The molecule has 0 unspecified atom stereocenters. The largest absolute Gasteiger partial charge is 0.308 e. The Labute approximate surface area is 147 Å². The fraction of sp³-hybridized carbons (Fsp3) is 0. The van der Waals surface area contributed by atoms with Crippen molar-refractivity contribution >= 4 is 28.8 Å². The molecule has 0 spiro atoms. The molecule has 0 bridgehead atoms. The summed E-state index contributed by atoms with van der Waals surface area (Å²) < 4.78 is 0. The first-order valence-corrected chi connectivity index (χ1v) is 7.40. The number of hydrogen-bond acceptors (Lipinski definition) is 7. The monoisotopic (exact) mass is 348 g/mol. The quantitative estimate of drug-likeness (QED) is 0.216. The Bertz CT molecular complexity index is 988. The number of nitro benzene ring substituents is 1. The molecule has 3 N–H and O–H groups in total. The summed E-state index contributed by atoms with van der Waals surface area (Å²) in [7, 11) is 0. The number of non-ortho nitro benzene ring substituents is 1. The van der Waals surface area contributed by atoms with E-state index < -0.39 is 10.8 Å². The number of carbonyl (C=O) groups is 1. The summed E-state index contributed by atoms with van der Waals surface area (Å²) >= 11 is 0. The van der Waals surface area contributed by atoms with Crippen LogP contribution in [0.1, 0.15) is 11.1 Å². The summed E-state index contributed by atoms with van der Waals surface area (Å²) in [5.74, 6) is 5.23. The van der Waals surface area contributed by atoms with Crippen LogP contribution < -0.4 is 16.2 Å². The Kier molecular flexibility index (Phi) is 4.42. The zero-order valence-electron chi connectivity index (χ0n) is 13.3. The summed E-state index contributed by atoms with van der Waals surface area (Å²) in [6.07, 6.45) is 2.99. The maximum atomic E-state index is 12.5. The molecule has 0 aliphatic carbocycles. The van der Waals surface area contributed by atoms with E-state index in [1.165, 1.54) is 30.3 Å². The Morgan fingerprint density at radius 3 is 2.46 bits per heavy atom. The highest BCUT2D eigenvalue weighted by Gasteiger charge is 2.22. The molecule has 128 valence electrons. The number of amidine groups is 1. The van der Waals surface area contributed by atoms with Crippen LogP contribution in [0.3, 0.4) is 0 Å². The minimum atomic E-state index is -0.631. The maximum absolute atomic E-state index is 12.5. The number of nitrogens with zero attached hydrogens (tertiary/aromatic N) is 4. The van der Waals surface area contributed by atoms with Crippen molar-refractivity contribution in [3.63, 3.8) is 0 Å². The number of fused-ring (bicyclic) bond motifs is 1. The molecule has 0 saturated carbocycles. The van der Waals surface area contributed by atoms with Gasteiger partial charge in [-0.1, -0.05) is 24.3 Å². The first-order valence-electron chi connectivity index (χ1n) is 7.40. The molecule has 0 fully saturated rings. The van der Waals surface area contributed by atoms with E-state index in [0.717, 1.165) is 10.5 Å². The number of carbonyl (C=O) groups excluding carboxylic acids is 1. The van der Waals surface area contributed by atoms with Gasteiger partial charge in [0.1, 0.15) is 5.84 Å². The number of anilines is 1. The van der Waals surface area contributed by atoms with E-state index in [-0.39, 0.29) is 11.4 Å². The van der Waals surface area contributed by atoms with E-state index >= 15 is 0 Å². The van der Waals surface area contributed by atoms with Gasteiger partial charge in [0.05, 0.1) is 16.3 Å². The first-order chi connectivity index (χ1) is 12.5. The second-order valence-corrected chi connectivity index (χ2v) is 5.23. The minimum absolute atomic E-state index is 0.134. The third-order valence-corrected chi connectivity index (χ3v) is 3.73. The minimum Gasteiger partial charge on any atom is -0.308 e. The molecule has 0 saturated heterocycles. The van der Waals surface area contributed by atoms with Crippen LogP contribution in [0.25, 0.3) is 5.70 Å². The molecule has 0 atom stereocenters. The van der Waals surface area contributed by atoms with Crippen molar-refractivity contribution < 1.29 is 9.72 Å². The number of hydrogen-bond donors (Lipinski definition) is 2. The second kappa shape index (κ2) is 6.84. The molecule has 3 rings (SSSR count). The van der Waals surface area contributed by atoms with Gasteiger partial charge in [-0.2, -0.15) is 5.26 Å². The van der Waals surface area contributed by atoms with Gasteiger partial charge in [-0.15, -0.1) is 0 Å². The Hall–Kier alpha value is -4.03. The number of nitrogens with one attached hydrogen (secondary N) is 1. The van der Waals surface area contributed by atoms with Crippen LogP contribution in [-0.2, 0) is 4.79 Å². The van der Waals surface area contributed by atoms with E-state index in [9.17, 15) is 20.2 Å². The zero-order valence-corrected chi connectivity index (χ0v) is 13.3. The SMILES string of the molecule is N#CN(C(=O)C=C1N=C(NN)c2ccccc21)c1ccc([N+](=O)[O-])cc1. The summed E-state index contributed by atoms with van der Waals surface area (Å²) in [5, 5.41) is 20.0. The van der Waals surface area contributed by atoms with Gasteiger partial charge in [0.15, 0.2) is 6.19 Å². The Balaban J connectivity index is 1.93. The number of hydrazine groups is 1. The number of amides is 1. The topological polar surface area (TPSA) is 138 Å². The number of nitro groups is 1. The maximum Gasteiger partial charge on any atom is 0.269 e. The molecule has 26 heavy (non-hydrogen) atoms. The lowest BCUT2D eigenvalue weighted by Crippen LogP contribution is -2.29. The molecule has 2 aromatic carbocycles. The highest BCUT2D eigenvalue weighted by atomic mass is 16.6. The molecule has 1 amide bonds. The molecule has 2 aromatic rings. The lowest BCUT2D eigenvalue weighted by molar-refractivity contribution is -0.384. The van der Waals surface area contributed by atoms with Gasteiger partial charge >= 0.3 is 0 Å². The van der Waals surface area contributed by atoms with Crippen LogP contribution in [0, 0.1) is 21.6 Å². The molecular formula is C17H12N6O3. The third kappa shape index (κ3) is 3.00. The van der Waals surface area contributed by atoms with Crippen LogP contribution in [0.2, 0.25) is 0 Å². The standard InChI is InChI=1S/C17H12N6O3/c18-10-22(11-5-7-12(8-6-11)23(25)26)16(24)9-15-13-3-1-2-4-14(13)17(20-15)21-19/h1-9H,19H2,(H,20,21). The van der Waals surface area contributed by atoms with E-state index in [2.05, 4.69) is 10.4 Å². The average Bonchev–Trinajstić information content (AvgIpc) is 3.00. The molecule has 0 radical (unpaired) electrons. The van der Waals surface area contributed by atoms with Gasteiger partial charge < -0.3 is 5.43 Å². The molecule has 1 aliphatic heterocycles. The summed E-state index contributed by atoms with van der Waals surface area (Å²) in [5.41, 5.74) is 4.36. The number of nitriles is 1. The van der Waals surface area contributed by atoms with Crippen LogP contribution in [-0.4, -0.2) is 16.7 Å². The van der Waals surface area contributed by atoms with E-state index in [0.29, 0.717) is 17.1 Å². The number of nitrogens with two attached hydrogens (primary N) is 1. The van der Waals surface area contributed by atoms with E-state index in [4.69, 9.17) is 5.84 Å². The second-order valence-electron chi connectivity index (χ2n) is 5.23. The molecule has 9 heteroatoms. The van der Waals surface area contributed by atoms with Crippen LogP contribution in [0.15, 0.2) is 59.6 Å². The van der Waals surface area contributed by atoms with Crippen molar-refractivity contribution in [1.82, 2.24) is 5.43 Å². The third-order valence-electron chi connectivity index (χ3n) is 3.73. The van der Waals surface area contributed by atoms with Crippen LogP contribution in [0.5, 0.6) is 0 Å². The molecule has 9 nitrogen and oxygen atoms in total. The fourth-order valence-electron chi connectivity index (χ4n) is 2.51. The summed E-state index contributed by atoms with van der Waals surface area (Å²) in [4.78, 5) is 27.8. The highest BCUT2D eigenvalue weighted by molar-refractivity contribution is 6.14. The van der Waals surface area contributed by atoms with Crippen molar-refractivity contribution in [2.24, 2.45) is 10.8 Å². The highest BCUT2D eigenvalue weighted by Crippen LogP contribution is 2.28. The number of aliphatic imine (C=N–C) groups is 1. The normalized spacial score (nSPS) is 13.5. The van der Waals surface area contributed by atoms with Crippen LogP contribution in [0.4, 0.5) is 11.4 Å². The Morgan fingerprint density at radius 1 is 1.23 bits per heavy atom. The van der Waals surface area contributed by atoms with Crippen LogP contribution >= 0.6 is 0 Å². The van der Waals surface area contributed by atoms with Crippen molar-refractivity contribution in [2.45, 2.75) is 0 Å². The number of rotatable bonds is 3. The van der Waals surface area contributed by atoms with Crippen molar-refractivity contribution in [1.29, 1.82) is 5.26 Å². The smallest absolute Gasteiger partial charge is 0.269 e. The molecular weight excluding hydrogens is 336 g/mol. The molecule has 0 aromatic heterocycles. The predicted octanol–water partition coefficient (Wildman–Crippen LogP) is 1.67. The summed E-state index contributed by atoms with van der Waals surface area (Å²) in [6, 6.07) is 12.3. The predicted molar refractivity (Wildman–Crippen MR) is 94.5 cm³/mol. The summed E-state index contributed by atoms with van der Waals surface area (Å²) in [6.45, 7) is 0. The van der Waals surface area contributed by atoms with Gasteiger partial charge in [-0.3, -0.25) is 14.9 Å². The van der Waals surface area contributed by atoms with Gasteiger partial charge in [-0.25, -0.2) is 15.7 Å². The van der Waals surface area contributed by atoms with Crippen molar-refractivity contribution in [3.05, 3.63) is 75.8 Å². The lowest BCUT2D eigenvalue weighted by atomic mass is 10.1. The van der Waals surface area contributed by atoms with Gasteiger partial charge in [0.2, 0.25) is 0 Å². The Morgan fingerprint density at radius 2 is 1.88 bits per heavy atom. The molecule has 1 aliphatic rings. The lowest BCUT2D eigenvalue weighted by Gasteiger charge is -2.11. The fourth-order valence-corrected chi connectivity index (χ4v) is 2.51. The number of benzene rings is 2. The van der Waals surface area contributed by atoms with Crippen molar-refractivity contribution in [3.8, 4) is 6.19 Å². The van der Waals surface area contributed by atoms with Gasteiger partial charge in [0, 0.05) is 29.3 Å².